The molecule has 1 aromatic carbocycles. The minimum Gasteiger partial charge on any atom is -0.398 e. The maximum atomic E-state index is 12.3. The van der Waals surface area contributed by atoms with Gasteiger partial charge in [0.15, 0.2) is 0 Å². The lowest BCUT2D eigenvalue weighted by Gasteiger charge is -2.21. The lowest BCUT2D eigenvalue weighted by molar-refractivity contribution is 0.0758. The highest BCUT2D eigenvalue weighted by Gasteiger charge is 2.27. The molecule has 3 nitrogen and oxygen atoms in total. The molecule has 1 aliphatic carbocycles. The third kappa shape index (κ3) is 3.00. The van der Waals surface area contributed by atoms with Gasteiger partial charge in [0, 0.05) is 23.2 Å². The Balaban J connectivity index is 2.18. The standard InChI is InChI=1S/C13H17BrN2O/c1-2-16(8-9-3-4-9)13(17)11-7-10(14)5-6-12(11)15/h5-7,9H,2-4,8,15H2,1H3. The molecule has 0 saturated heterocycles. The van der Waals surface area contributed by atoms with Gasteiger partial charge in [-0.1, -0.05) is 15.9 Å². The van der Waals surface area contributed by atoms with Gasteiger partial charge in [0.2, 0.25) is 0 Å². The molecule has 0 unspecified atom stereocenters. The Morgan fingerprint density at radius 2 is 2.24 bits per heavy atom. The van der Waals surface area contributed by atoms with Crippen molar-refractivity contribution in [2.45, 2.75) is 19.8 Å². The number of hydrogen-bond acceptors (Lipinski definition) is 2. The van der Waals surface area contributed by atoms with E-state index >= 15 is 0 Å². The lowest BCUT2D eigenvalue weighted by atomic mass is 10.1. The van der Waals surface area contributed by atoms with Gasteiger partial charge >= 0.3 is 0 Å². The Morgan fingerprint density at radius 1 is 1.53 bits per heavy atom. The molecule has 1 aliphatic rings. The summed E-state index contributed by atoms with van der Waals surface area (Å²) in [7, 11) is 0. The fourth-order valence-corrected chi connectivity index (χ4v) is 2.21. The van der Waals surface area contributed by atoms with E-state index in [9.17, 15) is 4.79 Å². The van der Waals surface area contributed by atoms with Crippen LogP contribution in [0.25, 0.3) is 0 Å². The number of nitrogens with zero attached hydrogens (tertiary/aromatic N) is 1. The molecule has 0 atom stereocenters. The predicted molar refractivity (Wildman–Crippen MR) is 72.9 cm³/mol. The molecule has 1 fully saturated rings. The number of rotatable bonds is 4. The van der Waals surface area contributed by atoms with Crippen molar-refractivity contribution in [1.82, 2.24) is 4.90 Å². The van der Waals surface area contributed by atoms with E-state index in [1.54, 1.807) is 12.1 Å². The molecule has 17 heavy (non-hydrogen) atoms. The van der Waals surface area contributed by atoms with Crippen LogP contribution in [0.1, 0.15) is 30.1 Å². The molecule has 4 heteroatoms. The summed E-state index contributed by atoms with van der Waals surface area (Å²) in [5.74, 6) is 0.741. The van der Waals surface area contributed by atoms with E-state index in [4.69, 9.17) is 5.73 Å². The van der Waals surface area contributed by atoms with E-state index in [0.29, 0.717) is 17.2 Å². The van der Waals surface area contributed by atoms with Crippen molar-refractivity contribution in [3.8, 4) is 0 Å². The van der Waals surface area contributed by atoms with E-state index < -0.39 is 0 Å². The first kappa shape index (κ1) is 12.4. The number of carbonyl (C=O) groups excluding carboxylic acids is 1. The molecule has 0 heterocycles. The highest BCUT2D eigenvalue weighted by molar-refractivity contribution is 9.10. The smallest absolute Gasteiger partial charge is 0.255 e. The Kier molecular flexibility index (Phi) is 3.72. The first-order valence-corrected chi connectivity index (χ1v) is 6.75. The number of nitrogens with two attached hydrogens (primary N) is 1. The molecule has 0 spiro atoms. The summed E-state index contributed by atoms with van der Waals surface area (Å²) < 4.78 is 0.887. The molecule has 92 valence electrons. The van der Waals surface area contributed by atoms with E-state index in [0.717, 1.165) is 17.6 Å². The molecule has 0 aliphatic heterocycles. The molecule has 1 amide bonds. The number of nitrogen functional groups attached to an aromatic ring is 1. The summed E-state index contributed by atoms with van der Waals surface area (Å²) in [6, 6.07) is 5.42. The van der Waals surface area contributed by atoms with Crippen molar-refractivity contribution in [2.75, 3.05) is 18.8 Å². The second-order valence-corrected chi connectivity index (χ2v) is 5.43. The summed E-state index contributed by atoms with van der Waals surface area (Å²) in [4.78, 5) is 14.2. The number of benzene rings is 1. The number of anilines is 1. The molecule has 0 radical (unpaired) electrons. The number of amides is 1. The summed E-state index contributed by atoms with van der Waals surface area (Å²) in [5, 5.41) is 0. The number of halogens is 1. The minimum atomic E-state index is 0.0400. The summed E-state index contributed by atoms with van der Waals surface area (Å²) in [5.41, 5.74) is 7.01. The third-order valence-corrected chi connectivity index (χ3v) is 3.58. The van der Waals surface area contributed by atoms with Gasteiger partial charge in [-0.25, -0.2) is 0 Å². The zero-order chi connectivity index (χ0) is 12.4. The average molecular weight is 297 g/mol. The quantitative estimate of drug-likeness (QED) is 0.869. The molecule has 1 aromatic rings. The van der Waals surface area contributed by atoms with Crippen LogP contribution in [0.5, 0.6) is 0 Å². The summed E-state index contributed by atoms with van der Waals surface area (Å²) in [6.45, 7) is 3.61. The van der Waals surface area contributed by atoms with Crippen molar-refractivity contribution in [2.24, 2.45) is 5.92 Å². The van der Waals surface area contributed by atoms with Gasteiger partial charge in [0.25, 0.3) is 5.91 Å². The molecule has 1 saturated carbocycles. The van der Waals surface area contributed by atoms with Crippen molar-refractivity contribution in [3.05, 3.63) is 28.2 Å². The van der Waals surface area contributed by atoms with Crippen LogP contribution < -0.4 is 5.73 Å². The highest BCUT2D eigenvalue weighted by Crippen LogP contribution is 2.30. The van der Waals surface area contributed by atoms with E-state index in [2.05, 4.69) is 15.9 Å². The first-order chi connectivity index (χ1) is 8.11. The predicted octanol–water partition coefficient (Wildman–Crippen LogP) is 2.90. The van der Waals surface area contributed by atoms with Crippen LogP contribution in [-0.4, -0.2) is 23.9 Å². The van der Waals surface area contributed by atoms with E-state index in [-0.39, 0.29) is 5.91 Å². The minimum absolute atomic E-state index is 0.0400. The molecule has 2 N–H and O–H groups in total. The van der Waals surface area contributed by atoms with Crippen molar-refractivity contribution >= 4 is 27.5 Å². The second kappa shape index (κ2) is 5.08. The topological polar surface area (TPSA) is 46.3 Å². The monoisotopic (exact) mass is 296 g/mol. The number of hydrogen-bond donors (Lipinski definition) is 1. The zero-order valence-electron chi connectivity index (χ0n) is 9.95. The normalized spacial score (nSPS) is 14.7. The SMILES string of the molecule is CCN(CC1CC1)C(=O)c1cc(Br)ccc1N. The van der Waals surface area contributed by atoms with Gasteiger partial charge in [-0.3, -0.25) is 4.79 Å². The van der Waals surface area contributed by atoms with Crippen molar-refractivity contribution in [1.29, 1.82) is 0 Å². The van der Waals surface area contributed by atoms with Crippen LogP contribution in [0.3, 0.4) is 0 Å². The summed E-state index contributed by atoms with van der Waals surface area (Å²) >= 11 is 3.37. The lowest BCUT2D eigenvalue weighted by Crippen LogP contribution is -2.33. The molecular weight excluding hydrogens is 280 g/mol. The van der Waals surface area contributed by atoms with Crippen LogP contribution in [0, 0.1) is 5.92 Å². The van der Waals surface area contributed by atoms with Crippen LogP contribution in [-0.2, 0) is 0 Å². The van der Waals surface area contributed by atoms with Gasteiger partial charge < -0.3 is 10.6 Å². The van der Waals surface area contributed by atoms with Gasteiger partial charge in [-0.2, -0.15) is 0 Å². The largest absolute Gasteiger partial charge is 0.398 e. The first-order valence-electron chi connectivity index (χ1n) is 5.96. The number of carbonyl (C=O) groups is 1. The highest BCUT2D eigenvalue weighted by atomic mass is 79.9. The Morgan fingerprint density at radius 3 is 2.82 bits per heavy atom. The molecular formula is C13H17BrN2O. The Hall–Kier alpha value is -1.03. The van der Waals surface area contributed by atoms with Gasteiger partial charge in [0.05, 0.1) is 5.56 Å². The fraction of sp³-hybridized carbons (Fsp3) is 0.462. The van der Waals surface area contributed by atoms with Crippen LogP contribution in [0.15, 0.2) is 22.7 Å². The van der Waals surface area contributed by atoms with Crippen LogP contribution >= 0.6 is 15.9 Å². The summed E-state index contributed by atoms with van der Waals surface area (Å²) in [6.07, 6.45) is 2.50. The van der Waals surface area contributed by atoms with E-state index in [1.165, 1.54) is 12.8 Å². The third-order valence-electron chi connectivity index (χ3n) is 3.09. The Bertz CT molecular complexity index is 429. The van der Waals surface area contributed by atoms with Gasteiger partial charge in [-0.05, 0) is 43.9 Å². The van der Waals surface area contributed by atoms with Crippen LogP contribution in [0.2, 0.25) is 0 Å². The maximum Gasteiger partial charge on any atom is 0.255 e. The average Bonchev–Trinajstić information content (AvgIpc) is 3.12. The Labute approximate surface area is 110 Å². The van der Waals surface area contributed by atoms with Gasteiger partial charge in [-0.15, -0.1) is 0 Å². The van der Waals surface area contributed by atoms with Crippen molar-refractivity contribution < 1.29 is 4.79 Å². The van der Waals surface area contributed by atoms with Gasteiger partial charge in [0.1, 0.15) is 0 Å². The molecule has 2 rings (SSSR count). The fourth-order valence-electron chi connectivity index (χ4n) is 1.85. The van der Waals surface area contributed by atoms with E-state index in [1.807, 2.05) is 17.9 Å². The molecule has 0 bridgehead atoms. The maximum absolute atomic E-state index is 12.3. The van der Waals surface area contributed by atoms with Crippen molar-refractivity contribution in [3.63, 3.8) is 0 Å². The molecule has 0 aromatic heterocycles. The zero-order valence-corrected chi connectivity index (χ0v) is 11.5. The van der Waals surface area contributed by atoms with Crippen LogP contribution in [0.4, 0.5) is 5.69 Å². The second-order valence-electron chi connectivity index (χ2n) is 4.52.